The molecule has 1 saturated heterocycles. The van der Waals surface area contributed by atoms with E-state index in [1.54, 1.807) is 17.5 Å². The normalized spacial score (nSPS) is 23.7. The second kappa shape index (κ2) is 5.94. The number of nitrogens with zero attached hydrogens (tertiary/aromatic N) is 3. The molecule has 28 heavy (non-hydrogen) atoms. The lowest BCUT2D eigenvalue weighted by Crippen LogP contribution is -2.49. The van der Waals surface area contributed by atoms with E-state index in [1.165, 1.54) is 24.8 Å². The van der Waals surface area contributed by atoms with Crippen molar-refractivity contribution in [1.82, 2.24) is 14.5 Å². The van der Waals surface area contributed by atoms with Crippen LogP contribution in [0.15, 0.2) is 42.7 Å². The molecule has 2 aliphatic heterocycles. The molecule has 2 fully saturated rings. The Labute approximate surface area is 165 Å². The van der Waals surface area contributed by atoms with Crippen molar-refractivity contribution in [2.45, 2.75) is 56.5 Å². The average molecular weight is 371 g/mol. The molecule has 2 bridgehead atoms. The largest absolute Gasteiger partial charge is 0.354 e. The van der Waals surface area contributed by atoms with Gasteiger partial charge in [-0.05, 0) is 79.8 Å². The van der Waals surface area contributed by atoms with Gasteiger partial charge in [-0.2, -0.15) is 0 Å². The van der Waals surface area contributed by atoms with Crippen LogP contribution >= 0.6 is 0 Å². The number of aryl methyl sites for hydroxylation is 1. The van der Waals surface area contributed by atoms with Crippen molar-refractivity contribution in [3.8, 4) is 0 Å². The number of fused-ring (bicyclic) bond motifs is 5. The molecule has 4 heteroatoms. The van der Waals surface area contributed by atoms with Gasteiger partial charge in [0.05, 0.1) is 11.6 Å². The van der Waals surface area contributed by atoms with Crippen molar-refractivity contribution in [2.24, 2.45) is 7.05 Å². The summed E-state index contributed by atoms with van der Waals surface area (Å²) < 4.78 is 2.35. The third kappa shape index (κ3) is 2.36. The van der Waals surface area contributed by atoms with E-state index < -0.39 is 0 Å². The standard InChI is InChI=1S/C24H25N3O/c1-26-14-20-19(23(26)15-7-8-15)13-18-5-2-6-22(20)27(18)24(28)17-9-10-21-16(12-17)4-3-11-25-21/h3-4,9-12,14-15,18,22H,2,5-8,13H2,1H3. The average Bonchev–Trinajstić information content (AvgIpc) is 3.49. The maximum absolute atomic E-state index is 13.6. The molecule has 1 saturated carbocycles. The fourth-order valence-corrected chi connectivity index (χ4v) is 5.60. The van der Waals surface area contributed by atoms with Gasteiger partial charge in [0, 0.05) is 42.1 Å². The molecule has 1 amide bonds. The lowest BCUT2D eigenvalue weighted by molar-refractivity contribution is 0.0402. The van der Waals surface area contributed by atoms with E-state index in [9.17, 15) is 4.79 Å². The fraction of sp³-hybridized carbons (Fsp3) is 0.417. The second-order valence-corrected chi connectivity index (χ2v) is 8.76. The highest BCUT2D eigenvalue weighted by Crippen LogP contribution is 2.49. The van der Waals surface area contributed by atoms with E-state index in [-0.39, 0.29) is 11.9 Å². The topological polar surface area (TPSA) is 38.1 Å². The molecular weight excluding hydrogens is 346 g/mol. The highest BCUT2D eigenvalue weighted by molar-refractivity contribution is 5.98. The second-order valence-electron chi connectivity index (χ2n) is 8.76. The van der Waals surface area contributed by atoms with Gasteiger partial charge < -0.3 is 9.47 Å². The van der Waals surface area contributed by atoms with Gasteiger partial charge in [-0.15, -0.1) is 0 Å². The first kappa shape index (κ1) is 16.3. The lowest BCUT2D eigenvalue weighted by Gasteiger charge is -2.46. The Kier molecular flexibility index (Phi) is 3.47. The number of hydrogen-bond acceptors (Lipinski definition) is 2. The van der Waals surface area contributed by atoms with E-state index in [2.05, 4.69) is 27.7 Å². The summed E-state index contributed by atoms with van der Waals surface area (Å²) in [5.41, 5.74) is 6.26. The Morgan fingerprint density at radius 1 is 1.14 bits per heavy atom. The highest BCUT2D eigenvalue weighted by atomic mass is 16.2. The maximum Gasteiger partial charge on any atom is 0.254 e. The number of carbonyl (C=O) groups is 1. The zero-order chi connectivity index (χ0) is 18.8. The van der Waals surface area contributed by atoms with Crippen LogP contribution in [0.5, 0.6) is 0 Å². The van der Waals surface area contributed by atoms with Gasteiger partial charge >= 0.3 is 0 Å². The molecule has 0 spiro atoms. The van der Waals surface area contributed by atoms with Gasteiger partial charge in [-0.25, -0.2) is 0 Å². The van der Waals surface area contributed by atoms with E-state index in [0.717, 1.165) is 41.6 Å². The molecule has 2 atom stereocenters. The zero-order valence-corrected chi connectivity index (χ0v) is 16.3. The molecule has 0 N–H and O–H groups in total. The van der Waals surface area contributed by atoms with Crippen molar-refractivity contribution < 1.29 is 4.79 Å². The van der Waals surface area contributed by atoms with Gasteiger partial charge in [0.25, 0.3) is 5.91 Å². The molecule has 2 unspecified atom stereocenters. The van der Waals surface area contributed by atoms with Crippen LogP contribution in [-0.2, 0) is 13.5 Å². The monoisotopic (exact) mass is 371 g/mol. The minimum atomic E-state index is 0.183. The molecule has 1 aliphatic carbocycles. The molecule has 3 aliphatic rings. The Morgan fingerprint density at radius 2 is 2.04 bits per heavy atom. The van der Waals surface area contributed by atoms with E-state index in [0.29, 0.717) is 6.04 Å². The van der Waals surface area contributed by atoms with E-state index in [1.807, 2.05) is 30.3 Å². The first-order chi connectivity index (χ1) is 13.7. The van der Waals surface area contributed by atoms with Crippen molar-refractivity contribution in [3.05, 3.63) is 65.1 Å². The van der Waals surface area contributed by atoms with Gasteiger partial charge in [-0.1, -0.05) is 6.07 Å². The molecular formula is C24H25N3O. The fourth-order valence-electron chi connectivity index (χ4n) is 5.60. The zero-order valence-electron chi connectivity index (χ0n) is 16.3. The predicted octanol–water partition coefficient (Wildman–Crippen LogP) is 4.74. The van der Waals surface area contributed by atoms with Gasteiger partial charge in [0.15, 0.2) is 0 Å². The molecule has 1 aromatic carbocycles. The van der Waals surface area contributed by atoms with Crippen LogP contribution in [0.3, 0.4) is 0 Å². The minimum Gasteiger partial charge on any atom is -0.354 e. The number of piperidine rings is 1. The number of aromatic nitrogens is 2. The van der Waals surface area contributed by atoms with Crippen LogP contribution in [0.2, 0.25) is 0 Å². The van der Waals surface area contributed by atoms with Crippen LogP contribution in [0.25, 0.3) is 10.9 Å². The highest BCUT2D eigenvalue weighted by Gasteiger charge is 2.43. The smallest absolute Gasteiger partial charge is 0.254 e. The van der Waals surface area contributed by atoms with Crippen LogP contribution in [0, 0.1) is 0 Å². The van der Waals surface area contributed by atoms with Gasteiger partial charge in [0.2, 0.25) is 0 Å². The van der Waals surface area contributed by atoms with Gasteiger partial charge in [-0.3, -0.25) is 9.78 Å². The predicted molar refractivity (Wildman–Crippen MR) is 109 cm³/mol. The number of benzene rings is 1. The Balaban J connectivity index is 1.41. The van der Waals surface area contributed by atoms with E-state index in [4.69, 9.17) is 0 Å². The summed E-state index contributed by atoms with van der Waals surface area (Å²) in [6, 6.07) is 10.5. The first-order valence-electron chi connectivity index (χ1n) is 10.6. The molecule has 3 aromatic rings. The number of hydrogen-bond donors (Lipinski definition) is 0. The maximum atomic E-state index is 13.6. The third-order valence-electron chi connectivity index (χ3n) is 6.96. The molecule has 4 heterocycles. The van der Waals surface area contributed by atoms with Crippen LogP contribution in [0.4, 0.5) is 0 Å². The summed E-state index contributed by atoms with van der Waals surface area (Å²) in [6.45, 7) is 0. The van der Waals surface area contributed by atoms with Crippen LogP contribution < -0.4 is 0 Å². The molecule has 0 radical (unpaired) electrons. The lowest BCUT2D eigenvalue weighted by atomic mass is 9.80. The Bertz CT molecular complexity index is 1090. The summed E-state index contributed by atoms with van der Waals surface area (Å²) in [5, 5.41) is 1.03. The minimum absolute atomic E-state index is 0.183. The Morgan fingerprint density at radius 3 is 2.89 bits per heavy atom. The SMILES string of the molecule is Cn1cc2c(c1C1CC1)CC1CCCC2N1C(=O)c1ccc2ncccc2c1. The third-order valence-corrected chi connectivity index (χ3v) is 6.96. The summed E-state index contributed by atoms with van der Waals surface area (Å²) in [5.74, 6) is 0.938. The van der Waals surface area contributed by atoms with Crippen LogP contribution in [-0.4, -0.2) is 26.4 Å². The summed E-state index contributed by atoms with van der Waals surface area (Å²) in [7, 11) is 2.19. The van der Waals surface area contributed by atoms with Crippen molar-refractivity contribution in [3.63, 3.8) is 0 Å². The summed E-state index contributed by atoms with van der Waals surface area (Å²) >= 11 is 0. The Hall–Kier alpha value is -2.62. The first-order valence-corrected chi connectivity index (χ1v) is 10.6. The molecule has 2 aromatic heterocycles. The number of carbonyl (C=O) groups excluding carboxylic acids is 1. The molecule has 142 valence electrons. The number of amides is 1. The quantitative estimate of drug-likeness (QED) is 0.652. The van der Waals surface area contributed by atoms with E-state index >= 15 is 0 Å². The summed E-state index contributed by atoms with van der Waals surface area (Å²) in [6.07, 6.45) is 11.2. The van der Waals surface area contributed by atoms with Crippen molar-refractivity contribution >= 4 is 16.8 Å². The molecule has 6 rings (SSSR count). The van der Waals surface area contributed by atoms with Gasteiger partial charge in [0.1, 0.15) is 0 Å². The van der Waals surface area contributed by atoms with Crippen molar-refractivity contribution in [1.29, 1.82) is 0 Å². The molecule has 4 nitrogen and oxygen atoms in total. The summed E-state index contributed by atoms with van der Waals surface area (Å²) in [4.78, 5) is 20.2. The number of rotatable bonds is 2. The van der Waals surface area contributed by atoms with Crippen molar-refractivity contribution in [2.75, 3.05) is 0 Å². The number of pyridine rings is 1. The van der Waals surface area contributed by atoms with Crippen LogP contribution in [0.1, 0.15) is 71.2 Å².